The van der Waals surface area contributed by atoms with Crippen LogP contribution in [-0.2, 0) is 0 Å². The Balaban J connectivity index is 1.83. The first-order valence-corrected chi connectivity index (χ1v) is 7.14. The summed E-state index contributed by atoms with van der Waals surface area (Å²) in [5, 5.41) is 3.25. The number of likely N-dealkylation sites (tertiary alicyclic amines) is 1. The van der Waals surface area contributed by atoms with Gasteiger partial charge in [0.2, 0.25) is 0 Å². The van der Waals surface area contributed by atoms with Crippen molar-refractivity contribution in [2.75, 3.05) is 31.5 Å². The van der Waals surface area contributed by atoms with Crippen molar-refractivity contribution in [2.45, 2.75) is 23.5 Å². The summed E-state index contributed by atoms with van der Waals surface area (Å²) in [6.45, 7) is 4.11. The molecule has 2 nitrogen and oxygen atoms in total. The highest BCUT2D eigenvalue weighted by Crippen LogP contribution is 2.31. The first-order chi connectivity index (χ1) is 8.75. The van der Waals surface area contributed by atoms with E-state index in [9.17, 15) is 8.78 Å². The Morgan fingerprint density at radius 2 is 1.94 bits per heavy atom. The highest BCUT2D eigenvalue weighted by Gasteiger charge is 2.12. The summed E-state index contributed by atoms with van der Waals surface area (Å²) in [6.07, 6.45) is 2.55. The van der Waals surface area contributed by atoms with E-state index in [1.807, 2.05) is 12.1 Å². The third kappa shape index (κ3) is 4.14. The lowest BCUT2D eigenvalue weighted by molar-refractivity contribution is 0.252. The van der Waals surface area contributed by atoms with E-state index in [2.05, 4.69) is 10.2 Å². The maximum absolute atomic E-state index is 12.4. The molecule has 0 amide bonds. The Morgan fingerprint density at radius 3 is 2.67 bits per heavy atom. The number of hydrogen-bond acceptors (Lipinski definition) is 3. The van der Waals surface area contributed by atoms with Crippen LogP contribution in [0.3, 0.4) is 0 Å². The van der Waals surface area contributed by atoms with Crippen LogP contribution in [0.25, 0.3) is 0 Å². The van der Waals surface area contributed by atoms with Crippen molar-refractivity contribution in [3.8, 4) is 0 Å². The van der Waals surface area contributed by atoms with E-state index in [1.54, 1.807) is 12.1 Å². The molecule has 0 atom stereocenters. The van der Waals surface area contributed by atoms with E-state index in [0.29, 0.717) is 16.7 Å². The van der Waals surface area contributed by atoms with Gasteiger partial charge in [0.15, 0.2) is 0 Å². The largest absolute Gasteiger partial charge is 0.383 e. The molecule has 100 valence electrons. The van der Waals surface area contributed by atoms with Gasteiger partial charge in [-0.05, 0) is 38.1 Å². The Kier molecular flexibility index (Phi) is 5.26. The summed E-state index contributed by atoms with van der Waals surface area (Å²) in [5.74, 6) is -2.37. The molecule has 1 saturated heterocycles. The molecule has 0 spiro atoms. The fraction of sp³-hybridized carbons (Fsp3) is 0.538. The second-order valence-corrected chi connectivity index (χ2v) is 5.38. The number of benzene rings is 1. The van der Waals surface area contributed by atoms with Gasteiger partial charge in [-0.15, -0.1) is 0 Å². The predicted octanol–water partition coefficient (Wildman–Crippen LogP) is 3.51. The van der Waals surface area contributed by atoms with Crippen LogP contribution in [0.2, 0.25) is 0 Å². The summed E-state index contributed by atoms with van der Waals surface area (Å²) in [6, 6.07) is 7.24. The molecule has 5 heteroatoms. The maximum atomic E-state index is 12.4. The zero-order valence-corrected chi connectivity index (χ0v) is 11.1. The number of thioether (sulfide) groups is 1. The molecule has 1 aliphatic heterocycles. The molecule has 0 aromatic heterocycles. The van der Waals surface area contributed by atoms with Gasteiger partial charge in [-0.1, -0.05) is 23.9 Å². The molecule has 1 fully saturated rings. The summed E-state index contributed by atoms with van der Waals surface area (Å²) in [5.41, 5.74) is 0.807. The molecule has 0 saturated carbocycles. The lowest BCUT2D eigenvalue weighted by Gasteiger charge is -2.16. The first kappa shape index (κ1) is 13.6. The molecule has 1 heterocycles. The summed E-state index contributed by atoms with van der Waals surface area (Å²) in [7, 11) is 0. The number of para-hydroxylation sites is 1. The molecule has 1 aliphatic rings. The van der Waals surface area contributed by atoms with Gasteiger partial charge in [0.1, 0.15) is 0 Å². The van der Waals surface area contributed by atoms with Crippen LogP contribution in [0.15, 0.2) is 29.2 Å². The lowest BCUT2D eigenvalue weighted by atomic mass is 10.3. The standard InChI is InChI=1S/C13H18F2N2S/c14-13(15)18-12-6-2-1-5-11(12)16-7-10-17-8-3-4-9-17/h1-2,5-6,13,16H,3-4,7-10H2. The SMILES string of the molecule is FC(F)Sc1ccccc1NCCN1CCCC1. The Hall–Kier alpha value is -0.810. The van der Waals surface area contributed by atoms with E-state index in [4.69, 9.17) is 0 Å². The first-order valence-electron chi connectivity index (χ1n) is 6.26. The monoisotopic (exact) mass is 272 g/mol. The smallest absolute Gasteiger partial charge is 0.288 e. The molecule has 0 unspecified atom stereocenters. The van der Waals surface area contributed by atoms with Gasteiger partial charge in [-0.25, -0.2) is 0 Å². The van der Waals surface area contributed by atoms with Crippen molar-refractivity contribution in [2.24, 2.45) is 0 Å². The minimum Gasteiger partial charge on any atom is -0.383 e. The van der Waals surface area contributed by atoms with Crippen LogP contribution in [0.1, 0.15) is 12.8 Å². The molecule has 1 N–H and O–H groups in total. The Morgan fingerprint density at radius 1 is 1.22 bits per heavy atom. The van der Waals surface area contributed by atoms with Crippen LogP contribution in [-0.4, -0.2) is 36.8 Å². The quantitative estimate of drug-likeness (QED) is 0.798. The second kappa shape index (κ2) is 6.95. The van der Waals surface area contributed by atoms with Gasteiger partial charge in [0.05, 0.1) is 0 Å². The van der Waals surface area contributed by atoms with Crippen LogP contribution < -0.4 is 5.32 Å². The van der Waals surface area contributed by atoms with Crippen LogP contribution >= 0.6 is 11.8 Å². The highest BCUT2D eigenvalue weighted by atomic mass is 32.2. The minimum atomic E-state index is -2.37. The van der Waals surface area contributed by atoms with Gasteiger partial charge < -0.3 is 10.2 Å². The van der Waals surface area contributed by atoms with Crippen LogP contribution in [0, 0.1) is 0 Å². The molecular weight excluding hydrogens is 254 g/mol. The molecule has 0 radical (unpaired) electrons. The zero-order chi connectivity index (χ0) is 12.8. The lowest BCUT2D eigenvalue weighted by Crippen LogP contribution is -2.26. The predicted molar refractivity (Wildman–Crippen MR) is 72.5 cm³/mol. The molecule has 18 heavy (non-hydrogen) atoms. The summed E-state index contributed by atoms with van der Waals surface area (Å²) < 4.78 is 24.8. The number of halogens is 2. The summed E-state index contributed by atoms with van der Waals surface area (Å²) in [4.78, 5) is 3.02. The molecular formula is C13H18F2N2S. The Labute approximate surface area is 111 Å². The zero-order valence-electron chi connectivity index (χ0n) is 10.2. The van der Waals surface area contributed by atoms with Crippen LogP contribution in [0.4, 0.5) is 14.5 Å². The van der Waals surface area contributed by atoms with Crippen molar-refractivity contribution >= 4 is 17.4 Å². The topological polar surface area (TPSA) is 15.3 Å². The number of hydrogen-bond donors (Lipinski definition) is 1. The Bertz CT molecular complexity index is 368. The number of anilines is 1. The third-order valence-electron chi connectivity index (χ3n) is 3.05. The van der Waals surface area contributed by atoms with E-state index < -0.39 is 5.76 Å². The van der Waals surface area contributed by atoms with E-state index in [1.165, 1.54) is 12.8 Å². The van der Waals surface area contributed by atoms with Crippen molar-refractivity contribution in [1.29, 1.82) is 0 Å². The average Bonchev–Trinajstić information content (AvgIpc) is 2.84. The van der Waals surface area contributed by atoms with Crippen molar-refractivity contribution in [3.05, 3.63) is 24.3 Å². The third-order valence-corrected chi connectivity index (χ3v) is 3.83. The number of nitrogens with zero attached hydrogens (tertiary/aromatic N) is 1. The summed E-state index contributed by atoms with van der Waals surface area (Å²) >= 11 is 0.598. The molecule has 1 aromatic carbocycles. The number of alkyl halides is 2. The van der Waals surface area contributed by atoms with Gasteiger partial charge >= 0.3 is 0 Å². The van der Waals surface area contributed by atoms with Gasteiger partial charge in [-0.3, -0.25) is 0 Å². The highest BCUT2D eigenvalue weighted by molar-refractivity contribution is 7.99. The minimum absolute atomic E-state index is 0.598. The molecule has 2 rings (SSSR count). The van der Waals surface area contributed by atoms with Crippen molar-refractivity contribution in [1.82, 2.24) is 4.90 Å². The normalized spacial score (nSPS) is 16.4. The van der Waals surface area contributed by atoms with Crippen LogP contribution in [0.5, 0.6) is 0 Å². The van der Waals surface area contributed by atoms with E-state index in [-0.39, 0.29) is 0 Å². The average molecular weight is 272 g/mol. The number of nitrogens with one attached hydrogen (secondary N) is 1. The second-order valence-electron chi connectivity index (χ2n) is 4.35. The van der Waals surface area contributed by atoms with Crippen molar-refractivity contribution in [3.63, 3.8) is 0 Å². The molecule has 1 aromatic rings. The van der Waals surface area contributed by atoms with E-state index >= 15 is 0 Å². The maximum Gasteiger partial charge on any atom is 0.288 e. The van der Waals surface area contributed by atoms with E-state index in [0.717, 1.165) is 31.9 Å². The fourth-order valence-electron chi connectivity index (χ4n) is 2.17. The van der Waals surface area contributed by atoms with Gasteiger partial charge in [0, 0.05) is 23.7 Å². The van der Waals surface area contributed by atoms with Gasteiger partial charge in [0.25, 0.3) is 5.76 Å². The van der Waals surface area contributed by atoms with Crippen molar-refractivity contribution < 1.29 is 8.78 Å². The molecule has 0 aliphatic carbocycles. The van der Waals surface area contributed by atoms with Gasteiger partial charge in [-0.2, -0.15) is 8.78 Å². The molecule has 0 bridgehead atoms. The number of rotatable bonds is 6. The fourth-order valence-corrected chi connectivity index (χ4v) is 2.78.